The minimum Gasteiger partial charge on any atom is -0.378 e. The number of hydrogen-bond donors (Lipinski definition) is 0. The van der Waals surface area contributed by atoms with E-state index in [4.69, 9.17) is 19.4 Å². The Morgan fingerprint density at radius 3 is 2.07 bits per heavy atom. The summed E-state index contributed by atoms with van der Waals surface area (Å²) in [4.78, 5) is 24.3. The van der Waals surface area contributed by atoms with Gasteiger partial charge < -0.3 is 19.3 Å². The molecule has 1 aromatic heterocycles. The van der Waals surface area contributed by atoms with Crippen LogP contribution in [0.25, 0.3) is 11.3 Å². The van der Waals surface area contributed by atoms with E-state index in [1.807, 2.05) is 6.07 Å². The van der Waals surface area contributed by atoms with Crippen molar-refractivity contribution in [2.75, 3.05) is 62.4 Å². The summed E-state index contributed by atoms with van der Waals surface area (Å²) in [5.74, 6) is 1.51. The smallest absolute Gasteiger partial charge is 0.269 e. The summed E-state index contributed by atoms with van der Waals surface area (Å²) in [7, 11) is 0. The van der Waals surface area contributed by atoms with E-state index in [9.17, 15) is 10.1 Å². The first-order valence-electron chi connectivity index (χ1n) is 9.00. The van der Waals surface area contributed by atoms with E-state index in [1.54, 1.807) is 12.1 Å². The van der Waals surface area contributed by atoms with E-state index in [-0.39, 0.29) is 5.69 Å². The summed E-state index contributed by atoms with van der Waals surface area (Å²) in [5.41, 5.74) is 1.64. The van der Waals surface area contributed by atoms with Crippen molar-refractivity contribution >= 4 is 17.5 Å². The van der Waals surface area contributed by atoms with Crippen LogP contribution in [0.4, 0.5) is 17.5 Å². The van der Waals surface area contributed by atoms with Gasteiger partial charge in [0.2, 0.25) is 5.95 Å². The maximum atomic E-state index is 10.9. The molecule has 0 radical (unpaired) electrons. The number of nitro benzene ring substituents is 1. The number of aromatic nitrogens is 2. The summed E-state index contributed by atoms with van der Waals surface area (Å²) in [6.45, 7) is 5.68. The number of rotatable bonds is 4. The summed E-state index contributed by atoms with van der Waals surface area (Å²) >= 11 is 0. The Morgan fingerprint density at radius 2 is 1.48 bits per heavy atom. The molecule has 0 amide bonds. The Hall–Kier alpha value is -2.78. The summed E-state index contributed by atoms with van der Waals surface area (Å²) in [6, 6.07) is 8.40. The van der Waals surface area contributed by atoms with Crippen molar-refractivity contribution in [3.63, 3.8) is 0 Å². The maximum Gasteiger partial charge on any atom is 0.269 e. The highest BCUT2D eigenvalue weighted by Gasteiger charge is 2.20. The number of nitro groups is 1. The zero-order valence-electron chi connectivity index (χ0n) is 14.9. The van der Waals surface area contributed by atoms with Gasteiger partial charge in [-0.05, 0) is 12.1 Å². The topological polar surface area (TPSA) is 93.9 Å². The Balaban J connectivity index is 1.71. The van der Waals surface area contributed by atoms with Gasteiger partial charge in [-0.15, -0.1) is 0 Å². The Labute approximate surface area is 156 Å². The van der Waals surface area contributed by atoms with Crippen LogP contribution in [0.15, 0.2) is 30.3 Å². The number of non-ortho nitro benzene ring substituents is 1. The number of ether oxygens (including phenoxy) is 2. The molecule has 0 saturated carbocycles. The second-order valence-electron chi connectivity index (χ2n) is 6.41. The minimum atomic E-state index is -0.401. The first-order valence-corrected chi connectivity index (χ1v) is 9.00. The van der Waals surface area contributed by atoms with E-state index in [1.165, 1.54) is 12.1 Å². The molecule has 0 unspecified atom stereocenters. The normalized spacial score (nSPS) is 17.8. The lowest BCUT2D eigenvalue weighted by atomic mass is 10.1. The molecular weight excluding hydrogens is 350 g/mol. The zero-order valence-corrected chi connectivity index (χ0v) is 14.9. The van der Waals surface area contributed by atoms with Crippen molar-refractivity contribution < 1.29 is 14.4 Å². The molecule has 27 heavy (non-hydrogen) atoms. The average molecular weight is 371 g/mol. The van der Waals surface area contributed by atoms with E-state index in [0.29, 0.717) is 32.4 Å². The third-order valence-electron chi connectivity index (χ3n) is 4.70. The molecule has 2 aliphatic heterocycles. The highest BCUT2D eigenvalue weighted by molar-refractivity contribution is 5.66. The molecule has 2 aromatic rings. The van der Waals surface area contributed by atoms with Crippen molar-refractivity contribution in [2.24, 2.45) is 0 Å². The molecule has 2 aliphatic rings. The van der Waals surface area contributed by atoms with E-state index >= 15 is 0 Å². The van der Waals surface area contributed by atoms with Gasteiger partial charge in [-0.25, -0.2) is 4.98 Å². The van der Waals surface area contributed by atoms with E-state index in [0.717, 1.165) is 43.3 Å². The largest absolute Gasteiger partial charge is 0.378 e. The van der Waals surface area contributed by atoms with Crippen molar-refractivity contribution in [3.05, 3.63) is 40.4 Å². The predicted octanol–water partition coefficient (Wildman–Crippen LogP) is 1.72. The zero-order chi connectivity index (χ0) is 18.6. The van der Waals surface area contributed by atoms with Crippen LogP contribution < -0.4 is 9.80 Å². The Kier molecular flexibility index (Phi) is 5.12. The van der Waals surface area contributed by atoms with Crippen LogP contribution in [0.2, 0.25) is 0 Å². The van der Waals surface area contributed by atoms with Crippen molar-refractivity contribution in [2.45, 2.75) is 0 Å². The molecule has 0 spiro atoms. The highest BCUT2D eigenvalue weighted by Crippen LogP contribution is 2.27. The summed E-state index contributed by atoms with van der Waals surface area (Å²) in [6.07, 6.45) is 0. The lowest BCUT2D eigenvalue weighted by molar-refractivity contribution is -0.384. The van der Waals surface area contributed by atoms with Crippen LogP contribution in [-0.4, -0.2) is 67.5 Å². The molecule has 2 fully saturated rings. The van der Waals surface area contributed by atoms with Crippen molar-refractivity contribution in [1.29, 1.82) is 0 Å². The number of nitrogens with zero attached hydrogens (tertiary/aromatic N) is 5. The van der Waals surface area contributed by atoms with Crippen molar-refractivity contribution in [3.8, 4) is 11.3 Å². The van der Waals surface area contributed by atoms with Gasteiger partial charge in [0.25, 0.3) is 5.69 Å². The van der Waals surface area contributed by atoms with Crippen LogP contribution in [0, 0.1) is 10.1 Å². The second-order valence-corrected chi connectivity index (χ2v) is 6.41. The fourth-order valence-corrected chi connectivity index (χ4v) is 3.18. The molecule has 9 heteroatoms. The molecule has 2 saturated heterocycles. The molecule has 4 rings (SSSR count). The summed E-state index contributed by atoms with van der Waals surface area (Å²) in [5, 5.41) is 10.9. The lowest BCUT2D eigenvalue weighted by Crippen LogP contribution is -2.39. The Morgan fingerprint density at radius 1 is 0.889 bits per heavy atom. The van der Waals surface area contributed by atoms with Gasteiger partial charge >= 0.3 is 0 Å². The van der Waals surface area contributed by atoms with Crippen LogP contribution in [0.3, 0.4) is 0 Å². The second kappa shape index (κ2) is 7.85. The van der Waals surface area contributed by atoms with Gasteiger partial charge in [-0.3, -0.25) is 10.1 Å². The predicted molar refractivity (Wildman–Crippen MR) is 100 cm³/mol. The standard InChI is InChI=1S/C18H21N5O4/c24-23(25)15-3-1-14(2-4-15)16-13-17(21-5-9-26-10-6-21)20-18(19-16)22-7-11-27-12-8-22/h1-4,13H,5-12H2. The van der Waals surface area contributed by atoms with Crippen LogP contribution >= 0.6 is 0 Å². The first-order chi connectivity index (χ1) is 13.2. The number of anilines is 2. The monoisotopic (exact) mass is 371 g/mol. The SMILES string of the molecule is O=[N+]([O-])c1ccc(-c2cc(N3CCOCC3)nc(N3CCOCC3)n2)cc1. The minimum absolute atomic E-state index is 0.0645. The fourth-order valence-electron chi connectivity index (χ4n) is 3.18. The Bertz CT molecular complexity index is 766. The third kappa shape index (κ3) is 3.99. The van der Waals surface area contributed by atoms with Crippen molar-refractivity contribution in [1.82, 2.24) is 9.97 Å². The lowest BCUT2D eigenvalue weighted by Gasteiger charge is -2.31. The average Bonchev–Trinajstić information content (AvgIpc) is 2.75. The van der Waals surface area contributed by atoms with E-state index in [2.05, 4.69) is 9.80 Å². The molecule has 0 bridgehead atoms. The highest BCUT2D eigenvalue weighted by atomic mass is 16.6. The number of hydrogen-bond acceptors (Lipinski definition) is 8. The fraction of sp³-hybridized carbons (Fsp3) is 0.444. The number of benzene rings is 1. The molecular formula is C18H21N5O4. The third-order valence-corrected chi connectivity index (χ3v) is 4.70. The molecule has 3 heterocycles. The van der Waals surface area contributed by atoms with Gasteiger partial charge in [0, 0.05) is 49.9 Å². The molecule has 142 valence electrons. The van der Waals surface area contributed by atoms with Crippen LogP contribution in [0.1, 0.15) is 0 Å². The van der Waals surface area contributed by atoms with Gasteiger partial charge in [0.1, 0.15) is 5.82 Å². The first kappa shape index (κ1) is 17.6. The van der Waals surface area contributed by atoms with Gasteiger partial charge in [-0.1, -0.05) is 0 Å². The quantitative estimate of drug-likeness (QED) is 0.592. The number of morpholine rings is 2. The van der Waals surface area contributed by atoms with Gasteiger partial charge in [0.05, 0.1) is 37.0 Å². The summed E-state index contributed by atoms with van der Waals surface area (Å²) < 4.78 is 10.9. The van der Waals surface area contributed by atoms with Gasteiger partial charge in [0.15, 0.2) is 0 Å². The molecule has 0 aliphatic carbocycles. The molecule has 0 atom stereocenters. The van der Waals surface area contributed by atoms with Crippen LogP contribution in [-0.2, 0) is 9.47 Å². The van der Waals surface area contributed by atoms with E-state index < -0.39 is 4.92 Å². The van der Waals surface area contributed by atoms with Gasteiger partial charge in [-0.2, -0.15) is 4.98 Å². The molecule has 0 N–H and O–H groups in total. The molecule has 9 nitrogen and oxygen atoms in total. The van der Waals surface area contributed by atoms with Crippen LogP contribution in [0.5, 0.6) is 0 Å². The molecule has 1 aromatic carbocycles. The maximum absolute atomic E-state index is 10.9.